The SMILES string of the molecule is CN1CCN(CC(=O)NN=C2c3ccccc3-c3ccccc32)CC1. The summed E-state index contributed by atoms with van der Waals surface area (Å²) in [7, 11) is 2.11. The van der Waals surface area contributed by atoms with Crippen molar-refractivity contribution < 1.29 is 4.79 Å². The Hall–Kier alpha value is -2.50. The molecule has 0 aromatic heterocycles. The summed E-state index contributed by atoms with van der Waals surface area (Å²) in [5.74, 6) is -0.0566. The minimum absolute atomic E-state index is 0.0566. The molecule has 2 aromatic carbocycles. The predicted octanol–water partition coefficient (Wildman–Crippen LogP) is 1.78. The van der Waals surface area contributed by atoms with Gasteiger partial charge in [-0.1, -0.05) is 48.5 Å². The van der Waals surface area contributed by atoms with Crippen molar-refractivity contribution in [1.29, 1.82) is 0 Å². The smallest absolute Gasteiger partial charge is 0.254 e. The number of carbonyl (C=O) groups is 1. The van der Waals surface area contributed by atoms with E-state index in [9.17, 15) is 4.79 Å². The van der Waals surface area contributed by atoms with Gasteiger partial charge in [-0.3, -0.25) is 9.69 Å². The number of nitrogens with zero attached hydrogens (tertiary/aromatic N) is 3. The maximum Gasteiger partial charge on any atom is 0.254 e. The molecule has 1 N–H and O–H groups in total. The number of carbonyl (C=O) groups excluding carboxylic acids is 1. The van der Waals surface area contributed by atoms with E-state index in [1.807, 2.05) is 24.3 Å². The predicted molar refractivity (Wildman–Crippen MR) is 99.6 cm³/mol. The maximum atomic E-state index is 12.3. The number of hydrogen-bond acceptors (Lipinski definition) is 4. The van der Waals surface area contributed by atoms with Gasteiger partial charge in [-0.15, -0.1) is 0 Å². The minimum Gasteiger partial charge on any atom is -0.304 e. The van der Waals surface area contributed by atoms with Crippen molar-refractivity contribution in [3.63, 3.8) is 0 Å². The number of nitrogens with one attached hydrogen (secondary N) is 1. The molecule has 2 aliphatic rings. The van der Waals surface area contributed by atoms with Gasteiger partial charge < -0.3 is 4.90 Å². The van der Waals surface area contributed by atoms with Gasteiger partial charge >= 0.3 is 0 Å². The van der Waals surface area contributed by atoms with Crippen LogP contribution in [0.2, 0.25) is 0 Å². The summed E-state index contributed by atoms with van der Waals surface area (Å²) in [4.78, 5) is 16.8. The van der Waals surface area contributed by atoms with Gasteiger partial charge in [0.25, 0.3) is 5.91 Å². The zero-order valence-corrected chi connectivity index (χ0v) is 14.4. The van der Waals surface area contributed by atoms with Crippen LogP contribution in [0.3, 0.4) is 0 Å². The van der Waals surface area contributed by atoms with E-state index < -0.39 is 0 Å². The van der Waals surface area contributed by atoms with E-state index in [0.717, 1.165) is 43.0 Å². The fraction of sp³-hybridized carbons (Fsp3) is 0.300. The molecule has 4 rings (SSSR count). The van der Waals surface area contributed by atoms with Crippen LogP contribution in [0, 0.1) is 0 Å². The molecule has 0 atom stereocenters. The Morgan fingerprint density at radius 2 is 1.44 bits per heavy atom. The topological polar surface area (TPSA) is 47.9 Å². The average molecular weight is 334 g/mol. The first-order chi connectivity index (χ1) is 12.2. The van der Waals surface area contributed by atoms with Gasteiger partial charge in [0.1, 0.15) is 0 Å². The van der Waals surface area contributed by atoms with Crippen LogP contribution in [0.1, 0.15) is 11.1 Å². The van der Waals surface area contributed by atoms with Gasteiger partial charge in [0.2, 0.25) is 0 Å². The summed E-state index contributed by atoms with van der Waals surface area (Å²) in [6.45, 7) is 4.25. The van der Waals surface area contributed by atoms with Crippen molar-refractivity contribution >= 4 is 11.6 Å². The van der Waals surface area contributed by atoms with Gasteiger partial charge in [-0.2, -0.15) is 5.10 Å². The lowest BCUT2D eigenvalue weighted by Gasteiger charge is -2.31. The first kappa shape index (κ1) is 16.0. The molecule has 1 saturated heterocycles. The molecule has 0 radical (unpaired) electrons. The Balaban J connectivity index is 1.51. The quantitative estimate of drug-likeness (QED) is 0.743. The summed E-state index contributed by atoms with van der Waals surface area (Å²) >= 11 is 0. The van der Waals surface area contributed by atoms with E-state index in [1.54, 1.807) is 0 Å². The molecule has 0 bridgehead atoms. The van der Waals surface area contributed by atoms with Crippen molar-refractivity contribution in [2.45, 2.75) is 0 Å². The van der Waals surface area contributed by atoms with Crippen molar-refractivity contribution in [2.24, 2.45) is 5.10 Å². The average Bonchev–Trinajstić information content (AvgIpc) is 2.96. The van der Waals surface area contributed by atoms with E-state index in [2.05, 4.69) is 51.6 Å². The Morgan fingerprint density at radius 3 is 2.00 bits per heavy atom. The van der Waals surface area contributed by atoms with Gasteiger partial charge in [0.05, 0.1) is 12.3 Å². The summed E-state index contributed by atoms with van der Waals surface area (Å²) in [5, 5.41) is 4.47. The van der Waals surface area contributed by atoms with Crippen LogP contribution >= 0.6 is 0 Å². The Labute approximate surface area is 147 Å². The fourth-order valence-corrected chi connectivity index (χ4v) is 3.48. The highest BCUT2D eigenvalue weighted by Gasteiger charge is 2.24. The summed E-state index contributed by atoms with van der Waals surface area (Å²) in [5.41, 5.74) is 8.09. The molecular weight excluding hydrogens is 312 g/mol. The Bertz CT molecular complexity index is 774. The zero-order chi connectivity index (χ0) is 17.2. The molecule has 0 saturated carbocycles. The van der Waals surface area contributed by atoms with Crippen LogP contribution in [0.5, 0.6) is 0 Å². The number of rotatable bonds is 3. The molecule has 2 aromatic rings. The third kappa shape index (κ3) is 3.21. The van der Waals surface area contributed by atoms with Crippen LogP contribution in [0.25, 0.3) is 11.1 Å². The zero-order valence-electron chi connectivity index (χ0n) is 14.4. The van der Waals surface area contributed by atoms with Crippen LogP contribution in [0.4, 0.5) is 0 Å². The number of piperazine rings is 1. The van der Waals surface area contributed by atoms with Gasteiger partial charge in [0, 0.05) is 37.3 Å². The van der Waals surface area contributed by atoms with E-state index in [4.69, 9.17) is 0 Å². The lowest BCUT2D eigenvalue weighted by atomic mass is 10.1. The van der Waals surface area contributed by atoms with Crippen molar-refractivity contribution in [3.8, 4) is 11.1 Å². The fourth-order valence-electron chi connectivity index (χ4n) is 3.48. The number of likely N-dealkylation sites (N-methyl/N-ethyl adjacent to an activating group) is 1. The van der Waals surface area contributed by atoms with Crippen molar-refractivity contribution in [2.75, 3.05) is 39.8 Å². The van der Waals surface area contributed by atoms with E-state index >= 15 is 0 Å². The molecule has 1 fully saturated rings. The molecule has 25 heavy (non-hydrogen) atoms. The van der Waals surface area contributed by atoms with E-state index in [-0.39, 0.29) is 5.91 Å². The normalized spacial score (nSPS) is 17.1. The summed E-state index contributed by atoms with van der Waals surface area (Å²) in [6.07, 6.45) is 0. The van der Waals surface area contributed by atoms with Crippen LogP contribution in [-0.4, -0.2) is 61.2 Å². The lowest BCUT2D eigenvalue weighted by molar-refractivity contribution is -0.122. The molecule has 0 spiro atoms. The van der Waals surface area contributed by atoms with Crippen LogP contribution in [0.15, 0.2) is 53.6 Å². The Kier molecular flexibility index (Phi) is 4.34. The number of fused-ring (bicyclic) bond motifs is 3. The molecule has 1 aliphatic carbocycles. The first-order valence-electron chi connectivity index (χ1n) is 8.69. The van der Waals surface area contributed by atoms with Gasteiger partial charge in [-0.25, -0.2) is 5.43 Å². The largest absolute Gasteiger partial charge is 0.304 e. The van der Waals surface area contributed by atoms with Crippen molar-refractivity contribution in [3.05, 3.63) is 59.7 Å². The molecular formula is C20H22N4O. The van der Waals surface area contributed by atoms with Gasteiger partial charge in [0.15, 0.2) is 0 Å². The van der Waals surface area contributed by atoms with E-state index in [0.29, 0.717) is 6.54 Å². The third-order valence-corrected chi connectivity index (χ3v) is 4.91. The number of hydrazone groups is 1. The van der Waals surface area contributed by atoms with Crippen LogP contribution in [-0.2, 0) is 4.79 Å². The lowest BCUT2D eigenvalue weighted by Crippen LogP contribution is -2.47. The second-order valence-electron chi connectivity index (χ2n) is 6.67. The molecule has 128 valence electrons. The van der Waals surface area contributed by atoms with Gasteiger partial charge in [-0.05, 0) is 18.2 Å². The van der Waals surface area contributed by atoms with Crippen molar-refractivity contribution in [1.82, 2.24) is 15.2 Å². The Morgan fingerprint density at radius 1 is 0.920 bits per heavy atom. The maximum absolute atomic E-state index is 12.3. The molecule has 5 heteroatoms. The second-order valence-corrected chi connectivity index (χ2v) is 6.67. The molecule has 1 heterocycles. The second kappa shape index (κ2) is 6.78. The highest BCUT2D eigenvalue weighted by molar-refractivity contribution is 6.24. The highest BCUT2D eigenvalue weighted by atomic mass is 16.2. The highest BCUT2D eigenvalue weighted by Crippen LogP contribution is 2.36. The third-order valence-electron chi connectivity index (χ3n) is 4.91. The number of benzene rings is 2. The number of hydrogen-bond donors (Lipinski definition) is 1. The monoisotopic (exact) mass is 334 g/mol. The molecule has 1 aliphatic heterocycles. The molecule has 0 unspecified atom stereocenters. The number of amides is 1. The summed E-state index contributed by atoms with van der Waals surface area (Å²) in [6, 6.07) is 16.4. The van der Waals surface area contributed by atoms with E-state index in [1.165, 1.54) is 11.1 Å². The minimum atomic E-state index is -0.0566. The molecule has 5 nitrogen and oxygen atoms in total. The molecule has 1 amide bonds. The summed E-state index contributed by atoms with van der Waals surface area (Å²) < 4.78 is 0. The van der Waals surface area contributed by atoms with Crippen LogP contribution < -0.4 is 5.43 Å². The first-order valence-corrected chi connectivity index (χ1v) is 8.69. The standard InChI is InChI=1S/C20H22N4O/c1-23-10-12-24(13-11-23)14-19(25)21-22-20-17-8-4-2-6-15(17)16-7-3-5-9-18(16)20/h2-9H,10-14H2,1H3,(H,21,25).